The van der Waals surface area contributed by atoms with E-state index in [1.54, 1.807) is 6.08 Å². The van der Waals surface area contributed by atoms with E-state index in [0.717, 1.165) is 17.7 Å². The second-order valence-corrected chi connectivity index (χ2v) is 11.4. The Hall–Kier alpha value is -2.62. The molecular formula is C27H35F4N3O3. The van der Waals surface area contributed by atoms with E-state index in [2.05, 4.69) is 0 Å². The number of aliphatic carboxylic acids is 1. The SMILES string of the molecule is CC(C)(C)N1CC[C@](F)(C(=O)N2CC=C(c3ccc(C(F)(F)F)cc3N3CCC(C(=O)O)CC3)CC2)C1. The van der Waals surface area contributed by atoms with E-state index in [-0.39, 0.29) is 31.6 Å². The molecule has 3 aliphatic heterocycles. The molecule has 2 fully saturated rings. The standard InChI is InChI=1S/C27H35F4N3O3/c1-25(2,3)34-15-10-26(28,17-34)24(37)33-13-6-18(7-14-33)21-5-4-20(27(29,30)31)16-22(21)32-11-8-19(9-12-32)23(35)36/h4-6,16,19H,7-15,17H2,1-3H3,(H,35,36)/t26-/m1/s1. The number of carbonyl (C=O) groups is 2. The number of rotatable bonds is 4. The van der Waals surface area contributed by atoms with Gasteiger partial charge >= 0.3 is 12.1 Å². The van der Waals surface area contributed by atoms with Gasteiger partial charge in [0.15, 0.2) is 0 Å². The fourth-order valence-corrected chi connectivity index (χ4v) is 5.51. The lowest BCUT2D eigenvalue weighted by Gasteiger charge is -2.36. The number of piperidine rings is 1. The first-order valence-corrected chi connectivity index (χ1v) is 12.8. The Bertz CT molecular complexity index is 1070. The monoisotopic (exact) mass is 525 g/mol. The highest BCUT2D eigenvalue weighted by Crippen LogP contribution is 2.39. The molecule has 6 nitrogen and oxygen atoms in total. The van der Waals surface area contributed by atoms with Gasteiger partial charge in [-0.2, -0.15) is 13.2 Å². The van der Waals surface area contributed by atoms with Crippen molar-refractivity contribution in [1.29, 1.82) is 0 Å². The lowest BCUT2D eigenvalue weighted by atomic mass is 9.92. The number of nitrogens with zero attached hydrogens (tertiary/aromatic N) is 3. The molecule has 37 heavy (non-hydrogen) atoms. The highest BCUT2D eigenvalue weighted by molar-refractivity contribution is 5.87. The number of halogens is 4. The predicted octanol–water partition coefficient (Wildman–Crippen LogP) is 4.83. The van der Waals surface area contributed by atoms with E-state index in [1.807, 2.05) is 30.6 Å². The Morgan fingerprint density at radius 2 is 1.73 bits per heavy atom. The zero-order chi connectivity index (χ0) is 27.2. The first-order chi connectivity index (χ1) is 17.2. The third-order valence-electron chi connectivity index (χ3n) is 7.90. The summed E-state index contributed by atoms with van der Waals surface area (Å²) in [7, 11) is 0. The van der Waals surface area contributed by atoms with Gasteiger partial charge < -0.3 is 14.9 Å². The second-order valence-electron chi connectivity index (χ2n) is 11.4. The minimum Gasteiger partial charge on any atom is -0.481 e. The molecule has 1 atom stereocenters. The first kappa shape index (κ1) is 27.4. The molecular weight excluding hydrogens is 490 g/mol. The molecule has 1 aromatic carbocycles. The number of anilines is 1. The van der Waals surface area contributed by atoms with Gasteiger partial charge in [-0.05, 0) is 57.7 Å². The lowest BCUT2D eigenvalue weighted by molar-refractivity contribution is -0.143. The topological polar surface area (TPSA) is 64.1 Å². The lowest BCUT2D eigenvalue weighted by Crippen LogP contribution is -2.50. The van der Waals surface area contributed by atoms with Crippen LogP contribution in [-0.2, 0) is 15.8 Å². The van der Waals surface area contributed by atoms with Gasteiger partial charge in [-0.25, -0.2) is 4.39 Å². The van der Waals surface area contributed by atoms with Crippen LogP contribution in [0.15, 0.2) is 24.3 Å². The predicted molar refractivity (Wildman–Crippen MR) is 133 cm³/mol. The minimum absolute atomic E-state index is 0.0533. The van der Waals surface area contributed by atoms with Gasteiger partial charge in [-0.15, -0.1) is 0 Å². The molecule has 0 saturated carbocycles. The summed E-state index contributed by atoms with van der Waals surface area (Å²) in [5, 5.41) is 9.29. The van der Waals surface area contributed by atoms with E-state index in [1.165, 1.54) is 11.0 Å². The Kier molecular flexibility index (Phi) is 7.35. The summed E-state index contributed by atoms with van der Waals surface area (Å²) >= 11 is 0. The summed E-state index contributed by atoms with van der Waals surface area (Å²) in [4.78, 5) is 29.7. The molecule has 204 valence electrons. The summed E-state index contributed by atoms with van der Waals surface area (Å²) in [6.07, 6.45) is -1.45. The van der Waals surface area contributed by atoms with Gasteiger partial charge in [0.1, 0.15) is 0 Å². The van der Waals surface area contributed by atoms with Gasteiger partial charge in [0, 0.05) is 62.5 Å². The van der Waals surface area contributed by atoms with E-state index >= 15 is 4.39 Å². The zero-order valence-electron chi connectivity index (χ0n) is 21.6. The minimum atomic E-state index is -4.51. The molecule has 2 saturated heterocycles. The summed E-state index contributed by atoms with van der Waals surface area (Å²) < 4.78 is 56.2. The van der Waals surface area contributed by atoms with E-state index < -0.39 is 35.2 Å². The maximum Gasteiger partial charge on any atom is 0.416 e. The molecule has 0 radical (unpaired) electrons. The number of carboxylic acids is 1. The normalized spacial score (nSPS) is 24.4. The molecule has 0 aliphatic carbocycles. The molecule has 1 aromatic rings. The maximum atomic E-state index is 15.6. The molecule has 0 bridgehead atoms. The quantitative estimate of drug-likeness (QED) is 0.571. The zero-order valence-corrected chi connectivity index (χ0v) is 21.6. The Labute approximate surface area is 214 Å². The van der Waals surface area contributed by atoms with E-state index in [4.69, 9.17) is 0 Å². The Morgan fingerprint density at radius 3 is 2.24 bits per heavy atom. The van der Waals surface area contributed by atoms with Crippen molar-refractivity contribution >= 4 is 23.1 Å². The average Bonchev–Trinajstić information content (AvgIpc) is 3.27. The number of carbonyl (C=O) groups excluding carboxylic acids is 1. The third kappa shape index (κ3) is 5.78. The smallest absolute Gasteiger partial charge is 0.416 e. The van der Waals surface area contributed by atoms with Gasteiger partial charge in [-0.1, -0.05) is 12.1 Å². The highest BCUT2D eigenvalue weighted by Gasteiger charge is 2.49. The largest absolute Gasteiger partial charge is 0.481 e. The van der Waals surface area contributed by atoms with Crippen LogP contribution in [0.25, 0.3) is 5.57 Å². The third-order valence-corrected chi connectivity index (χ3v) is 7.90. The van der Waals surface area contributed by atoms with Gasteiger partial charge in [0.05, 0.1) is 11.5 Å². The summed E-state index contributed by atoms with van der Waals surface area (Å²) in [6, 6.07) is 3.64. The van der Waals surface area contributed by atoms with Crippen molar-refractivity contribution in [2.75, 3.05) is 44.2 Å². The number of alkyl halides is 4. The van der Waals surface area contributed by atoms with E-state index in [9.17, 15) is 27.9 Å². The van der Waals surface area contributed by atoms with Crippen molar-refractivity contribution in [2.24, 2.45) is 5.92 Å². The van der Waals surface area contributed by atoms with E-state index in [0.29, 0.717) is 50.1 Å². The first-order valence-electron chi connectivity index (χ1n) is 12.8. The fraction of sp³-hybridized carbons (Fsp3) is 0.630. The second kappa shape index (κ2) is 9.93. The van der Waals surface area contributed by atoms with Crippen molar-refractivity contribution in [3.63, 3.8) is 0 Å². The number of benzene rings is 1. The van der Waals surface area contributed by atoms with Gasteiger partial charge in [-0.3, -0.25) is 14.5 Å². The van der Waals surface area contributed by atoms with Crippen molar-refractivity contribution < 1.29 is 32.3 Å². The van der Waals surface area contributed by atoms with Crippen LogP contribution < -0.4 is 4.90 Å². The number of carboxylic acid groups (broad SMARTS) is 1. The number of hydrogen-bond acceptors (Lipinski definition) is 4. The van der Waals surface area contributed by atoms with Gasteiger partial charge in [0.25, 0.3) is 5.91 Å². The number of amides is 1. The molecule has 1 N–H and O–H groups in total. The maximum absolute atomic E-state index is 15.6. The molecule has 4 rings (SSSR count). The number of hydrogen-bond donors (Lipinski definition) is 1. The van der Waals surface area contributed by atoms with Crippen molar-refractivity contribution in [3.8, 4) is 0 Å². The van der Waals surface area contributed by atoms with Crippen LogP contribution in [0.1, 0.15) is 57.6 Å². The molecule has 0 aromatic heterocycles. The van der Waals surface area contributed by atoms with Crippen LogP contribution in [0.5, 0.6) is 0 Å². The van der Waals surface area contributed by atoms with Crippen LogP contribution in [-0.4, -0.2) is 77.3 Å². The molecule has 0 unspecified atom stereocenters. The van der Waals surface area contributed by atoms with Crippen LogP contribution in [0.3, 0.4) is 0 Å². The fourth-order valence-electron chi connectivity index (χ4n) is 5.51. The van der Waals surface area contributed by atoms with Crippen LogP contribution in [0.4, 0.5) is 23.2 Å². The Morgan fingerprint density at radius 1 is 1.05 bits per heavy atom. The molecule has 3 heterocycles. The Balaban J connectivity index is 1.53. The van der Waals surface area contributed by atoms with Crippen molar-refractivity contribution in [3.05, 3.63) is 35.4 Å². The highest BCUT2D eigenvalue weighted by atomic mass is 19.4. The van der Waals surface area contributed by atoms with Crippen molar-refractivity contribution in [2.45, 2.75) is 63.8 Å². The van der Waals surface area contributed by atoms with Crippen molar-refractivity contribution in [1.82, 2.24) is 9.80 Å². The molecule has 10 heteroatoms. The van der Waals surface area contributed by atoms with Crippen LogP contribution in [0.2, 0.25) is 0 Å². The molecule has 3 aliphatic rings. The summed E-state index contributed by atoms with van der Waals surface area (Å²) in [6.45, 7) is 7.70. The molecule has 0 spiro atoms. The van der Waals surface area contributed by atoms with Gasteiger partial charge in [0.2, 0.25) is 5.67 Å². The average molecular weight is 526 g/mol. The van der Waals surface area contributed by atoms with Crippen LogP contribution in [0, 0.1) is 5.92 Å². The summed E-state index contributed by atoms with van der Waals surface area (Å²) in [5.41, 5.74) is -1.06. The molecule has 1 amide bonds. The van der Waals surface area contributed by atoms with Crippen LogP contribution >= 0.6 is 0 Å². The summed E-state index contributed by atoms with van der Waals surface area (Å²) in [5.74, 6) is -1.92. The number of likely N-dealkylation sites (tertiary alicyclic amines) is 1.